The molecule has 1 saturated heterocycles. The number of ether oxygens (including phenoxy) is 1. The van der Waals surface area contributed by atoms with Crippen molar-refractivity contribution in [1.29, 1.82) is 0 Å². The summed E-state index contributed by atoms with van der Waals surface area (Å²) in [5, 5.41) is 9.31. The molecule has 112 valence electrons. The zero-order valence-corrected chi connectivity index (χ0v) is 12.4. The standard InChI is InChI=1S/C16H20N2O3/c1-3-14-17-15-12(16(19)20)5-4-6-13(15)18(14)9-11-7-8-21-10(11)2/h4-6,10-11H,3,7-9H2,1-2H3,(H,19,20). The highest BCUT2D eigenvalue weighted by Crippen LogP contribution is 2.27. The van der Waals surface area contributed by atoms with Crippen molar-refractivity contribution < 1.29 is 14.6 Å². The van der Waals surface area contributed by atoms with Gasteiger partial charge in [0.2, 0.25) is 0 Å². The fourth-order valence-electron chi connectivity index (χ4n) is 3.09. The van der Waals surface area contributed by atoms with Crippen LogP contribution in [0.3, 0.4) is 0 Å². The quantitative estimate of drug-likeness (QED) is 0.939. The van der Waals surface area contributed by atoms with Gasteiger partial charge in [-0.25, -0.2) is 9.78 Å². The highest BCUT2D eigenvalue weighted by atomic mass is 16.5. The monoisotopic (exact) mass is 288 g/mol. The molecule has 5 nitrogen and oxygen atoms in total. The van der Waals surface area contributed by atoms with Crippen LogP contribution in [0.4, 0.5) is 0 Å². The maximum absolute atomic E-state index is 11.4. The van der Waals surface area contributed by atoms with Crippen LogP contribution in [-0.2, 0) is 17.7 Å². The number of para-hydroxylation sites is 1. The number of hydrogen-bond acceptors (Lipinski definition) is 3. The minimum atomic E-state index is -0.925. The van der Waals surface area contributed by atoms with Crippen molar-refractivity contribution in [3.63, 3.8) is 0 Å². The molecule has 3 rings (SSSR count). The summed E-state index contributed by atoms with van der Waals surface area (Å²) in [7, 11) is 0. The summed E-state index contributed by atoms with van der Waals surface area (Å²) in [6.45, 7) is 5.79. The van der Waals surface area contributed by atoms with Gasteiger partial charge in [-0.15, -0.1) is 0 Å². The van der Waals surface area contributed by atoms with Crippen molar-refractivity contribution in [2.45, 2.75) is 39.3 Å². The van der Waals surface area contributed by atoms with Crippen molar-refractivity contribution in [1.82, 2.24) is 9.55 Å². The number of imidazole rings is 1. The Balaban J connectivity index is 2.08. The molecular formula is C16H20N2O3. The van der Waals surface area contributed by atoms with Gasteiger partial charge in [0.05, 0.1) is 17.2 Å². The number of carboxylic acids is 1. The van der Waals surface area contributed by atoms with E-state index in [9.17, 15) is 9.90 Å². The van der Waals surface area contributed by atoms with Gasteiger partial charge in [0.25, 0.3) is 0 Å². The van der Waals surface area contributed by atoms with Gasteiger partial charge in [-0.2, -0.15) is 0 Å². The maximum Gasteiger partial charge on any atom is 0.337 e. The number of carbonyl (C=O) groups is 1. The minimum Gasteiger partial charge on any atom is -0.478 e. The molecule has 0 saturated carbocycles. The first-order valence-electron chi connectivity index (χ1n) is 7.44. The Morgan fingerprint density at radius 1 is 1.52 bits per heavy atom. The topological polar surface area (TPSA) is 64.3 Å². The van der Waals surface area contributed by atoms with Gasteiger partial charge in [0.1, 0.15) is 11.3 Å². The lowest BCUT2D eigenvalue weighted by Crippen LogP contribution is -2.19. The molecule has 1 fully saturated rings. The lowest BCUT2D eigenvalue weighted by atomic mass is 10.0. The number of hydrogen-bond donors (Lipinski definition) is 1. The summed E-state index contributed by atoms with van der Waals surface area (Å²) >= 11 is 0. The predicted molar refractivity (Wildman–Crippen MR) is 79.6 cm³/mol. The first kappa shape index (κ1) is 14.1. The third kappa shape index (κ3) is 2.42. The lowest BCUT2D eigenvalue weighted by molar-refractivity contribution is 0.0699. The molecule has 2 aromatic rings. The van der Waals surface area contributed by atoms with Gasteiger partial charge in [-0.3, -0.25) is 0 Å². The molecule has 0 spiro atoms. The van der Waals surface area contributed by atoms with Crippen molar-refractivity contribution >= 4 is 17.0 Å². The summed E-state index contributed by atoms with van der Waals surface area (Å²) < 4.78 is 7.80. The first-order valence-corrected chi connectivity index (χ1v) is 7.44. The van der Waals surface area contributed by atoms with E-state index in [1.807, 2.05) is 13.0 Å². The molecule has 5 heteroatoms. The Kier molecular flexibility index (Phi) is 3.68. The summed E-state index contributed by atoms with van der Waals surface area (Å²) in [5.41, 5.74) is 1.77. The average molecular weight is 288 g/mol. The molecule has 1 aliphatic heterocycles. The number of fused-ring (bicyclic) bond motifs is 1. The van der Waals surface area contributed by atoms with E-state index in [0.29, 0.717) is 11.4 Å². The number of aryl methyl sites for hydroxylation is 1. The maximum atomic E-state index is 11.4. The third-order valence-electron chi connectivity index (χ3n) is 4.35. The van der Waals surface area contributed by atoms with Gasteiger partial charge >= 0.3 is 5.97 Å². The average Bonchev–Trinajstić information content (AvgIpc) is 3.03. The van der Waals surface area contributed by atoms with Crippen LogP contribution in [0.2, 0.25) is 0 Å². The second-order valence-corrected chi connectivity index (χ2v) is 5.60. The lowest BCUT2D eigenvalue weighted by Gasteiger charge is -2.17. The number of aromatic carboxylic acids is 1. The molecule has 0 radical (unpaired) electrons. The van der Waals surface area contributed by atoms with E-state index in [4.69, 9.17) is 4.74 Å². The van der Waals surface area contributed by atoms with Crippen molar-refractivity contribution in [2.75, 3.05) is 6.61 Å². The molecule has 21 heavy (non-hydrogen) atoms. The van der Waals surface area contributed by atoms with E-state index < -0.39 is 5.97 Å². The summed E-state index contributed by atoms with van der Waals surface area (Å²) in [4.78, 5) is 15.9. The van der Waals surface area contributed by atoms with Crippen LogP contribution in [0.15, 0.2) is 18.2 Å². The summed E-state index contributed by atoms with van der Waals surface area (Å²) in [6.07, 6.45) is 2.08. The molecule has 1 aromatic heterocycles. The Labute approximate surface area is 123 Å². The van der Waals surface area contributed by atoms with Crippen LogP contribution < -0.4 is 0 Å². The van der Waals surface area contributed by atoms with Crippen LogP contribution in [-0.4, -0.2) is 33.3 Å². The van der Waals surface area contributed by atoms with Crippen LogP contribution in [0.25, 0.3) is 11.0 Å². The number of carboxylic acid groups (broad SMARTS) is 1. The zero-order chi connectivity index (χ0) is 15.0. The van der Waals surface area contributed by atoms with Gasteiger partial charge in [0.15, 0.2) is 0 Å². The molecule has 0 bridgehead atoms. The zero-order valence-electron chi connectivity index (χ0n) is 12.4. The van der Waals surface area contributed by atoms with Crippen LogP contribution in [0.1, 0.15) is 36.5 Å². The minimum absolute atomic E-state index is 0.245. The Morgan fingerprint density at radius 2 is 2.33 bits per heavy atom. The molecule has 2 heterocycles. The van der Waals surface area contributed by atoms with E-state index in [1.165, 1.54) is 0 Å². The first-order chi connectivity index (χ1) is 10.1. The summed E-state index contributed by atoms with van der Waals surface area (Å²) in [5.74, 6) is 0.476. The van der Waals surface area contributed by atoms with E-state index in [2.05, 4.69) is 16.5 Å². The van der Waals surface area contributed by atoms with E-state index in [0.717, 1.165) is 37.3 Å². The number of benzene rings is 1. The fraction of sp³-hybridized carbons (Fsp3) is 0.500. The Hall–Kier alpha value is -1.88. The SMILES string of the molecule is CCc1nc2c(C(=O)O)cccc2n1CC1CCOC1C. The van der Waals surface area contributed by atoms with E-state index in [1.54, 1.807) is 12.1 Å². The summed E-state index contributed by atoms with van der Waals surface area (Å²) in [6, 6.07) is 5.36. The number of rotatable bonds is 4. The Bertz CT molecular complexity index is 677. The smallest absolute Gasteiger partial charge is 0.337 e. The highest BCUT2D eigenvalue weighted by Gasteiger charge is 2.26. The molecular weight excluding hydrogens is 268 g/mol. The van der Waals surface area contributed by atoms with Crippen LogP contribution in [0.5, 0.6) is 0 Å². The van der Waals surface area contributed by atoms with Gasteiger partial charge in [-0.05, 0) is 25.5 Å². The van der Waals surface area contributed by atoms with Crippen LogP contribution >= 0.6 is 0 Å². The van der Waals surface area contributed by atoms with Gasteiger partial charge < -0.3 is 14.4 Å². The van der Waals surface area contributed by atoms with E-state index >= 15 is 0 Å². The second-order valence-electron chi connectivity index (χ2n) is 5.60. The molecule has 0 aliphatic carbocycles. The van der Waals surface area contributed by atoms with Crippen molar-refractivity contribution in [2.24, 2.45) is 5.92 Å². The van der Waals surface area contributed by atoms with Gasteiger partial charge in [-0.1, -0.05) is 13.0 Å². The van der Waals surface area contributed by atoms with Crippen LogP contribution in [0, 0.1) is 5.92 Å². The molecule has 1 N–H and O–H groups in total. The third-order valence-corrected chi connectivity index (χ3v) is 4.35. The predicted octanol–water partition coefficient (Wildman–Crippen LogP) is 2.72. The molecule has 0 amide bonds. The molecule has 2 unspecified atom stereocenters. The van der Waals surface area contributed by atoms with Crippen molar-refractivity contribution in [3.05, 3.63) is 29.6 Å². The normalized spacial score (nSPS) is 22.0. The van der Waals surface area contributed by atoms with Crippen molar-refractivity contribution in [3.8, 4) is 0 Å². The second kappa shape index (κ2) is 5.48. The molecule has 1 aromatic carbocycles. The number of nitrogens with zero attached hydrogens (tertiary/aromatic N) is 2. The van der Waals surface area contributed by atoms with Gasteiger partial charge in [0, 0.05) is 25.5 Å². The highest BCUT2D eigenvalue weighted by molar-refractivity contribution is 6.01. The fourth-order valence-corrected chi connectivity index (χ4v) is 3.09. The largest absolute Gasteiger partial charge is 0.478 e. The number of aromatic nitrogens is 2. The Morgan fingerprint density at radius 3 is 2.95 bits per heavy atom. The molecule has 2 atom stereocenters. The van der Waals surface area contributed by atoms with E-state index in [-0.39, 0.29) is 11.7 Å². The molecule has 1 aliphatic rings.